The van der Waals surface area contributed by atoms with Crippen molar-refractivity contribution in [3.05, 3.63) is 64.6 Å². The third-order valence-electron chi connectivity index (χ3n) is 3.89. The molecule has 0 spiro atoms. The number of anilines is 1. The molecule has 0 fully saturated rings. The summed E-state index contributed by atoms with van der Waals surface area (Å²) in [5, 5.41) is 6.36. The summed E-state index contributed by atoms with van der Waals surface area (Å²) in [6.45, 7) is 1.58. The predicted molar refractivity (Wildman–Crippen MR) is 99.1 cm³/mol. The number of rotatable bonds is 6. The molecule has 0 unspecified atom stereocenters. The molecule has 3 rings (SSSR count). The van der Waals surface area contributed by atoms with Gasteiger partial charge in [0.15, 0.2) is 15.7 Å². The van der Waals surface area contributed by atoms with Crippen LogP contribution in [-0.2, 0) is 21.1 Å². The number of hydrogen-bond acceptors (Lipinski definition) is 6. The Morgan fingerprint density at radius 1 is 1.19 bits per heavy atom. The highest BCUT2D eigenvalue weighted by atomic mass is 32.2. The van der Waals surface area contributed by atoms with Gasteiger partial charge in [0.1, 0.15) is 0 Å². The van der Waals surface area contributed by atoms with E-state index in [0.717, 1.165) is 0 Å². The molecule has 1 heterocycles. The Balaban J connectivity index is 1.68. The Labute approximate surface area is 155 Å². The average molecular weight is 387 g/mol. The highest BCUT2D eigenvalue weighted by Crippen LogP contribution is 2.19. The van der Waals surface area contributed by atoms with Crippen LogP contribution in [0.5, 0.6) is 0 Å². The van der Waals surface area contributed by atoms with Crippen LogP contribution in [-0.4, -0.2) is 30.2 Å². The van der Waals surface area contributed by atoms with Crippen LogP contribution in [0.4, 0.5) is 5.69 Å². The number of amides is 1. The van der Waals surface area contributed by atoms with Crippen molar-refractivity contribution in [2.45, 2.75) is 18.2 Å². The monoisotopic (exact) mass is 387 g/mol. The Morgan fingerprint density at radius 3 is 2.56 bits per heavy atom. The van der Waals surface area contributed by atoms with Crippen molar-refractivity contribution in [2.75, 3.05) is 11.1 Å². The van der Waals surface area contributed by atoms with E-state index < -0.39 is 15.6 Å². The smallest absolute Gasteiger partial charge is 0.326 e. The highest BCUT2D eigenvalue weighted by molar-refractivity contribution is 7.91. The van der Waals surface area contributed by atoms with Gasteiger partial charge in [-0.15, -0.1) is 0 Å². The molecule has 2 aromatic carbocycles. The van der Waals surface area contributed by atoms with E-state index >= 15 is 0 Å². The zero-order valence-corrected chi connectivity index (χ0v) is 15.2. The lowest BCUT2D eigenvalue weighted by Gasteiger charge is -2.07. The molecule has 27 heavy (non-hydrogen) atoms. The summed E-state index contributed by atoms with van der Waals surface area (Å²) >= 11 is 0. The zero-order valence-electron chi connectivity index (χ0n) is 14.4. The minimum Gasteiger partial charge on any atom is -0.326 e. The number of carbonyl (C=O) groups excluding carboxylic acids is 1. The van der Waals surface area contributed by atoms with Gasteiger partial charge in [-0.2, -0.15) is 0 Å². The zero-order chi connectivity index (χ0) is 19.4. The first-order valence-electron chi connectivity index (χ1n) is 8.15. The van der Waals surface area contributed by atoms with Crippen LogP contribution in [0.2, 0.25) is 0 Å². The fraction of sp³-hybridized carbons (Fsp3) is 0.167. The minimum absolute atomic E-state index is 0.0277. The molecule has 0 radical (unpaired) electrons. The van der Waals surface area contributed by atoms with Gasteiger partial charge in [0.25, 0.3) is 0 Å². The molecule has 2 N–H and O–H groups in total. The van der Waals surface area contributed by atoms with Gasteiger partial charge in [-0.25, -0.2) is 13.2 Å². The van der Waals surface area contributed by atoms with Crippen LogP contribution in [0.1, 0.15) is 12.5 Å². The molecule has 140 valence electrons. The molecule has 0 saturated heterocycles. The molecule has 1 amide bonds. The van der Waals surface area contributed by atoms with E-state index in [4.69, 9.17) is 0 Å². The van der Waals surface area contributed by atoms with Crippen LogP contribution in [0.3, 0.4) is 0 Å². The summed E-state index contributed by atoms with van der Waals surface area (Å²) in [6, 6.07) is 13.0. The largest absolute Gasteiger partial charge is 0.439 e. The van der Waals surface area contributed by atoms with Crippen LogP contribution in [0.15, 0.2) is 62.7 Å². The van der Waals surface area contributed by atoms with Crippen molar-refractivity contribution < 1.29 is 17.7 Å². The lowest BCUT2D eigenvalue weighted by Crippen LogP contribution is -2.14. The Hall–Kier alpha value is -3.20. The molecule has 9 heteroatoms. The lowest BCUT2D eigenvalue weighted by molar-refractivity contribution is -0.115. The summed E-state index contributed by atoms with van der Waals surface area (Å²) in [4.78, 5) is 26.0. The molecule has 0 atom stereocenters. The second kappa shape index (κ2) is 7.58. The number of benzene rings is 2. The van der Waals surface area contributed by atoms with Gasteiger partial charge in [-0.1, -0.05) is 36.3 Å². The normalized spacial score (nSPS) is 11.3. The van der Waals surface area contributed by atoms with Gasteiger partial charge in [0.05, 0.1) is 17.1 Å². The molecule has 0 saturated carbocycles. The number of nitrogens with zero attached hydrogens (tertiary/aromatic N) is 1. The SMILES string of the molecule is CCS(=O)(=O)c1ccc(CC(=O)Nc2cccc(-c3noc(=O)[nH]3)c2)cc1. The first kappa shape index (κ1) is 18.6. The third-order valence-corrected chi connectivity index (χ3v) is 5.64. The number of H-pyrrole nitrogens is 1. The molecular formula is C18H17N3O5S. The molecule has 3 aromatic rings. The molecule has 0 aliphatic carbocycles. The molecular weight excluding hydrogens is 370 g/mol. The van der Waals surface area contributed by atoms with Crippen LogP contribution < -0.4 is 11.1 Å². The van der Waals surface area contributed by atoms with Crippen LogP contribution in [0, 0.1) is 0 Å². The fourth-order valence-corrected chi connectivity index (χ4v) is 3.35. The standard InChI is InChI=1S/C18H17N3O5S/c1-2-27(24,25)15-8-6-12(7-9-15)10-16(22)19-14-5-3-4-13(11-14)17-20-18(23)26-21-17/h3-9,11H,2,10H2,1H3,(H,19,22)(H,20,21,23). The fourth-order valence-electron chi connectivity index (χ4n) is 2.47. The maximum Gasteiger partial charge on any atom is 0.439 e. The molecule has 0 bridgehead atoms. The topological polar surface area (TPSA) is 122 Å². The third kappa shape index (κ3) is 4.50. The van der Waals surface area contributed by atoms with E-state index in [1.165, 1.54) is 12.1 Å². The number of sulfone groups is 1. The maximum absolute atomic E-state index is 12.3. The van der Waals surface area contributed by atoms with Crippen molar-refractivity contribution in [3.8, 4) is 11.4 Å². The van der Waals surface area contributed by atoms with Crippen molar-refractivity contribution in [2.24, 2.45) is 0 Å². The number of nitrogens with one attached hydrogen (secondary N) is 2. The molecule has 1 aromatic heterocycles. The van der Waals surface area contributed by atoms with Gasteiger partial charge in [0, 0.05) is 11.3 Å². The van der Waals surface area contributed by atoms with Crippen molar-refractivity contribution in [1.82, 2.24) is 10.1 Å². The predicted octanol–water partition coefficient (Wildman–Crippen LogP) is 2.00. The quantitative estimate of drug-likeness (QED) is 0.667. The minimum atomic E-state index is -3.26. The van der Waals surface area contributed by atoms with Crippen molar-refractivity contribution in [3.63, 3.8) is 0 Å². The number of aromatic amines is 1. The van der Waals surface area contributed by atoms with Gasteiger partial charge in [-0.3, -0.25) is 14.3 Å². The van der Waals surface area contributed by atoms with Crippen LogP contribution in [0.25, 0.3) is 11.4 Å². The average Bonchev–Trinajstić information content (AvgIpc) is 3.09. The number of aromatic nitrogens is 2. The van der Waals surface area contributed by atoms with E-state index in [-0.39, 0.29) is 28.8 Å². The first-order chi connectivity index (χ1) is 12.9. The van der Waals surface area contributed by atoms with Gasteiger partial charge in [0.2, 0.25) is 5.91 Å². The Bertz CT molecular complexity index is 1110. The Kier molecular flexibility index (Phi) is 5.22. The molecule has 0 aliphatic heterocycles. The summed E-state index contributed by atoms with van der Waals surface area (Å²) in [5.41, 5.74) is 1.82. The van der Waals surface area contributed by atoms with Gasteiger partial charge >= 0.3 is 5.76 Å². The van der Waals surface area contributed by atoms with Crippen LogP contribution >= 0.6 is 0 Å². The van der Waals surface area contributed by atoms with E-state index in [0.29, 0.717) is 16.8 Å². The summed E-state index contributed by atoms with van der Waals surface area (Å²) in [6.07, 6.45) is 0.0947. The van der Waals surface area contributed by atoms with Gasteiger partial charge < -0.3 is 5.32 Å². The Morgan fingerprint density at radius 2 is 1.93 bits per heavy atom. The second-order valence-corrected chi connectivity index (χ2v) is 8.08. The molecule has 0 aliphatic rings. The van der Waals surface area contributed by atoms with Gasteiger partial charge in [-0.05, 0) is 29.8 Å². The van der Waals surface area contributed by atoms with E-state index in [9.17, 15) is 18.0 Å². The van der Waals surface area contributed by atoms with Crippen molar-refractivity contribution in [1.29, 1.82) is 0 Å². The second-order valence-electron chi connectivity index (χ2n) is 5.80. The van der Waals surface area contributed by atoms with E-state index in [1.807, 2.05) is 0 Å². The summed E-state index contributed by atoms with van der Waals surface area (Å²) < 4.78 is 28.1. The van der Waals surface area contributed by atoms with E-state index in [2.05, 4.69) is 20.0 Å². The summed E-state index contributed by atoms with van der Waals surface area (Å²) in [5.74, 6) is -0.622. The highest BCUT2D eigenvalue weighted by Gasteiger charge is 2.12. The number of hydrogen-bond donors (Lipinski definition) is 2. The summed E-state index contributed by atoms with van der Waals surface area (Å²) in [7, 11) is -3.26. The first-order valence-corrected chi connectivity index (χ1v) is 9.80. The lowest BCUT2D eigenvalue weighted by atomic mass is 10.1. The number of carbonyl (C=O) groups is 1. The van der Waals surface area contributed by atoms with E-state index in [1.54, 1.807) is 43.3 Å². The van der Waals surface area contributed by atoms with Crippen molar-refractivity contribution >= 4 is 21.4 Å². The maximum atomic E-state index is 12.3. The molecule has 8 nitrogen and oxygen atoms in total.